The highest BCUT2D eigenvalue weighted by Crippen LogP contribution is 2.28. The minimum Gasteiger partial charge on any atom is -0.379 e. The third kappa shape index (κ3) is 4.52. The zero-order valence-corrected chi connectivity index (χ0v) is 15.5. The molecule has 1 fully saturated rings. The van der Waals surface area contributed by atoms with E-state index in [1.54, 1.807) is 29.9 Å². The van der Waals surface area contributed by atoms with Crippen molar-refractivity contribution in [3.05, 3.63) is 40.0 Å². The van der Waals surface area contributed by atoms with Crippen LogP contribution in [-0.4, -0.2) is 60.0 Å². The second-order valence-electron chi connectivity index (χ2n) is 5.88. The molecule has 25 heavy (non-hydrogen) atoms. The molecule has 1 amide bonds. The molecule has 1 saturated heterocycles. The predicted octanol–water partition coefficient (Wildman–Crippen LogP) is 2.46. The molecule has 2 aromatic rings. The summed E-state index contributed by atoms with van der Waals surface area (Å²) in [6, 6.07) is 7.10. The number of halogens is 2. The lowest BCUT2D eigenvalue weighted by atomic mass is 10.1. The fraction of sp³-hybridized carbons (Fsp3) is 0.412. The summed E-state index contributed by atoms with van der Waals surface area (Å²) in [5, 5.41) is 8.18. The number of hydrogen-bond donors (Lipinski definition) is 1. The molecule has 0 spiro atoms. The molecular weight excluding hydrogens is 363 g/mol. The Kier molecular flexibility index (Phi) is 5.96. The number of rotatable bonds is 5. The van der Waals surface area contributed by atoms with Crippen LogP contribution in [0.1, 0.15) is 10.5 Å². The van der Waals surface area contributed by atoms with Crippen LogP contribution in [0.3, 0.4) is 0 Å². The zero-order chi connectivity index (χ0) is 17.8. The molecule has 0 atom stereocenters. The van der Waals surface area contributed by atoms with E-state index in [0.717, 1.165) is 44.1 Å². The van der Waals surface area contributed by atoms with Crippen molar-refractivity contribution in [2.45, 2.75) is 0 Å². The molecular formula is C17H20Cl2N4O2. The lowest BCUT2D eigenvalue weighted by molar-refractivity contribution is 0.0383. The minimum atomic E-state index is -0.185. The zero-order valence-electron chi connectivity index (χ0n) is 14.0. The van der Waals surface area contributed by atoms with Crippen molar-refractivity contribution >= 4 is 29.1 Å². The molecule has 1 N–H and O–H groups in total. The number of carbonyl (C=O) groups is 1. The van der Waals surface area contributed by atoms with Gasteiger partial charge in [0, 0.05) is 38.8 Å². The molecule has 0 radical (unpaired) electrons. The second kappa shape index (κ2) is 8.19. The van der Waals surface area contributed by atoms with E-state index in [0.29, 0.717) is 22.3 Å². The van der Waals surface area contributed by atoms with Crippen LogP contribution in [0.25, 0.3) is 11.3 Å². The number of morpholine rings is 1. The van der Waals surface area contributed by atoms with E-state index in [-0.39, 0.29) is 5.91 Å². The van der Waals surface area contributed by atoms with Crippen LogP contribution in [0.2, 0.25) is 10.0 Å². The van der Waals surface area contributed by atoms with E-state index in [2.05, 4.69) is 15.3 Å². The van der Waals surface area contributed by atoms with Gasteiger partial charge < -0.3 is 10.1 Å². The van der Waals surface area contributed by atoms with Crippen molar-refractivity contribution in [3.8, 4) is 11.3 Å². The van der Waals surface area contributed by atoms with Gasteiger partial charge in [-0.05, 0) is 18.2 Å². The second-order valence-corrected chi connectivity index (χ2v) is 6.69. The SMILES string of the molecule is Cn1nc(C(=O)NCCN2CCOCC2)cc1-c1ccc(Cl)c(Cl)c1. The Labute approximate surface area is 156 Å². The topological polar surface area (TPSA) is 59.4 Å². The van der Waals surface area contributed by atoms with Gasteiger partial charge in [-0.2, -0.15) is 5.10 Å². The van der Waals surface area contributed by atoms with Gasteiger partial charge >= 0.3 is 0 Å². The van der Waals surface area contributed by atoms with Crippen LogP contribution in [0, 0.1) is 0 Å². The summed E-state index contributed by atoms with van der Waals surface area (Å²) in [5.41, 5.74) is 2.04. The van der Waals surface area contributed by atoms with E-state index >= 15 is 0 Å². The molecule has 0 saturated carbocycles. The van der Waals surface area contributed by atoms with Crippen molar-refractivity contribution in [2.24, 2.45) is 7.05 Å². The molecule has 1 aliphatic heterocycles. The van der Waals surface area contributed by atoms with Crippen molar-refractivity contribution in [1.82, 2.24) is 20.0 Å². The number of aromatic nitrogens is 2. The van der Waals surface area contributed by atoms with Gasteiger partial charge in [0.15, 0.2) is 5.69 Å². The Balaban J connectivity index is 1.62. The maximum atomic E-state index is 12.3. The van der Waals surface area contributed by atoms with Gasteiger partial charge in [-0.25, -0.2) is 0 Å². The number of amides is 1. The first-order valence-electron chi connectivity index (χ1n) is 8.12. The van der Waals surface area contributed by atoms with Crippen LogP contribution in [0.5, 0.6) is 0 Å². The fourth-order valence-electron chi connectivity index (χ4n) is 2.75. The number of benzene rings is 1. The van der Waals surface area contributed by atoms with Gasteiger partial charge in [0.1, 0.15) is 0 Å². The third-order valence-corrected chi connectivity index (χ3v) is 4.88. The molecule has 0 unspecified atom stereocenters. The van der Waals surface area contributed by atoms with Gasteiger partial charge in [0.05, 0.1) is 29.0 Å². The van der Waals surface area contributed by atoms with Crippen LogP contribution in [-0.2, 0) is 11.8 Å². The highest BCUT2D eigenvalue weighted by Gasteiger charge is 2.15. The van der Waals surface area contributed by atoms with Crippen molar-refractivity contribution in [2.75, 3.05) is 39.4 Å². The van der Waals surface area contributed by atoms with E-state index < -0.39 is 0 Å². The largest absolute Gasteiger partial charge is 0.379 e. The molecule has 0 aliphatic carbocycles. The van der Waals surface area contributed by atoms with Crippen LogP contribution >= 0.6 is 23.2 Å². The summed E-state index contributed by atoms with van der Waals surface area (Å²) >= 11 is 12.0. The van der Waals surface area contributed by atoms with Gasteiger partial charge in [-0.3, -0.25) is 14.4 Å². The smallest absolute Gasteiger partial charge is 0.271 e. The highest BCUT2D eigenvalue weighted by atomic mass is 35.5. The maximum absolute atomic E-state index is 12.3. The normalized spacial score (nSPS) is 15.3. The standard InChI is InChI=1S/C17H20Cl2N4O2/c1-22-16(12-2-3-13(18)14(19)10-12)11-15(21-22)17(24)20-4-5-23-6-8-25-9-7-23/h2-3,10-11H,4-9H2,1H3,(H,20,24). The lowest BCUT2D eigenvalue weighted by Gasteiger charge is -2.26. The molecule has 0 bridgehead atoms. The first-order valence-corrected chi connectivity index (χ1v) is 8.88. The molecule has 134 valence electrons. The summed E-state index contributed by atoms with van der Waals surface area (Å²) in [4.78, 5) is 14.6. The number of carbonyl (C=O) groups excluding carboxylic acids is 1. The molecule has 6 nitrogen and oxygen atoms in total. The molecule has 1 aliphatic rings. The van der Waals surface area contributed by atoms with E-state index in [9.17, 15) is 4.79 Å². The number of nitrogens with one attached hydrogen (secondary N) is 1. The summed E-state index contributed by atoms with van der Waals surface area (Å²) in [5.74, 6) is -0.185. The maximum Gasteiger partial charge on any atom is 0.271 e. The van der Waals surface area contributed by atoms with Crippen molar-refractivity contribution < 1.29 is 9.53 Å². The fourth-order valence-corrected chi connectivity index (χ4v) is 3.04. The minimum absolute atomic E-state index is 0.185. The Morgan fingerprint density at radius 3 is 2.72 bits per heavy atom. The number of ether oxygens (including phenoxy) is 1. The van der Waals surface area contributed by atoms with Crippen molar-refractivity contribution in [3.63, 3.8) is 0 Å². The van der Waals surface area contributed by atoms with E-state index in [1.165, 1.54) is 0 Å². The van der Waals surface area contributed by atoms with Gasteiger partial charge in [-0.15, -0.1) is 0 Å². The van der Waals surface area contributed by atoms with Crippen molar-refractivity contribution in [1.29, 1.82) is 0 Å². The Hall–Kier alpha value is -1.60. The monoisotopic (exact) mass is 382 g/mol. The van der Waals surface area contributed by atoms with Gasteiger partial charge in [0.25, 0.3) is 5.91 Å². The molecule has 3 rings (SSSR count). The Bertz CT molecular complexity index is 757. The average Bonchev–Trinajstić information content (AvgIpc) is 3.00. The van der Waals surface area contributed by atoms with Crippen LogP contribution in [0.15, 0.2) is 24.3 Å². The Morgan fingerprint density at radius 1 is 1.24 bits per heavy atom. The summed E-state index contributed by atoms with van der Waals surface area (Å²) < 4.78 is 6.97. The first-order chi connectivity index (χ1) is 12.0. The average molecular weight is 383 g/mol. The summed E-state index contributed by atoms with van der Waals surface area (Å²) in [6.45, 7) is 4.70. The van der Waals surface area contributed by atoms with Gasteiger partial charge in [0.2, 0.25) is 0 Å². The summed E-state index contributed by atoms with van der Waals surface area (Å²) in [7, 11) is 1.79. The number of aryl methyl sites for hydroxylation is 1. The first kappa shape index (κ1) is 18.2. The lowest BCUT2D eigenvalue weighted by Crippen LogP contribution is -2.41. The molecule has 1 aromatic carbocycles. The quantitative estimate of drug-likeness (QED) is 0.862. The number of hydrogen-bond acceptors (Lipinski definition) is 4. The number of nitrogens with zero attached hydrogens (tertiary/aromatic N) is 3. The molecule has 1 aromatic heterocycles. The molecule has 8 heteroatoms. The van der Waals surface area contributed by atoms with E-state index in [4.69, 9.17) is 27.9 Å². The Morgan fingerprint density at radius 2 is 2.00 bits per heavy atom. The predicted molar refractivity (Wildman–Crippen MR) is 98.3 cm³/mol. The van der Waals surface area contributed by atoms with Crippen LogP contribution in [0.4, 0.5) is 0 Å². The van der Waals surface area contributed by atoms with E-state index in [1.807, 2.05) is 6.07 Å². The summed E-state index contributed by atoms with van der Waals surface area (Å²) in [6.07, 6.45) is 0. The van der Waals surface area contributed by atoms with Crippen LogP contribution < -0.4 is 5.32 Å². The third-order valence-electron chi connectivity index (χ3n) is 4.15. The highest BCUT2D eigenvalue weighted by molar-refractivity contribution is 6.42. The van der Waals surface area contributed by atoms with Gasteiger partial charge in [-0.1, -0.05) is 29.3 Å². The molecule has 2 heterocycles.